The van der Waals surface area contributed by atoms with E-state index in [2.05, 4.69) is 29.0 Å². The summed E-state index contributed by atoms with van der Waals surface area (Å²) in [6.07, 6.45) is 3.95. The van der Waals surface area contributed by atoms with Gasteiger partial charge in [0.2, 0.25) is 0 Å². The average molecular weight is 245 g/mol. The standard InChI is InChI=1S/C13H19N5/c1-9-13(11-6-5-10(14)8-17(11)2)18-12(16-9)4-3-7-15-18/h3-4,7,10-11H,5-6,8,14H2,1-2H3. The molecule has 0 bridgehead atoms. The van der Waals surface area contributed by atoms with Crippen molar-refractivity contribution in [3.05, 3.63) is 29.7 Å². The van der Waals surface area contributed by atoms with Gasteiger partial charge in [-0.1, -0.05) is 0 Å². The van der Waals surface area contributed by atoms with Crippen molar-refractivity contribution in [1.29, 1.82) is 0 Å². The highest BCUT2D eigenvalue weighted by Crippen LogP contribution is 2.31. The van der Waals surface area contributed by atoms with Crippen LogP contribution in [0.4, 0.5) is 0 Å². The minimum Gasteiger partial charge on any atom is -0.327 e. The van der Waals surface area contributed by atoms with Gasteiger partial charge in [0.15, 0.2) is 5.65 Å². The average Bonchev–Trinajstić information content (AvgIpc) is 2.66. The van der Waals surface area contributed by atoms with Gasteiger partial charge >= 0.3 is 0 Å². The molecule has 18 heavy (non-hydrogen) atoms. The van der Waals surface area contributed by atoms with E-state index in [0.29, 0.717) is 12.1 Å². The Morgan fingerprint density at radius 3 is 3.00 bits per heavy atom. The Bertz CT molecular complexity index is 562. The molecule has 0 spiro atoms. The number of nitrogens with zero attached hydrogens (tertiary/aromatic N) is 4. The summed E-state index contributed by atoms with van der Waals surface area (Å²) >= 11 is 0. The van der Waals surface area contributed by atoms with Crippen LogP contribution in [0.15, 0.2) is 18.3 Å². The Balaban J connectivity index is 2.06. The zero-order chi connectivity index (χ0) is 12.7. The van der Waals surface area contributed by atoms with E-state index in [-0.39, 0.29) is 0 Å². The van der Waals surface area contributed by atoms with Gasteiger partial charge in [0, 0.05) is 18.8 Å². The summed E-state index contributed by atoms with van der Waals surface area (Å²) in [7, 11) is 2.13. The number of hydrogen-bond acceptors (Lipinski definition) is 4. The maximum absolute atomic E-state index is 6.01. The Kier molecular flexibility index (Phi) is 2.80. The van der Waals surface area contributed by atoms with Gasteiger partial charge in [-0.05, 0) is 38.9 Å². The van der Waals surface area contributed by atoms with Crippen LogP contribution in [0, 0.1) is 6.92 Å². The lowest BCUT2D eigenvalue weighted by molar-refractivity contribution is 0.164. The van der Waals surface area contributed by atoms with Gasteiger partial charge in [0.1, 0.15) is 0 Å². The minimum atomic E-state index is 0.290. The Morgan fingerprint density at radius 2 is 2.22 bits per heavy atom. The number of likely N-dealkylation sites (N-methyl/N-ethyl adjacent to an activating group) is 1. The molecule has 3 heterocycles. The molecular formula is C13H19N5. The highest BCUT2D eigenvalue weighted by Gasteiger charge is 2.29. The number of aromatic nitrogens is 3. The maximum Gasteiger partial charge on any atom is 0.154 e. The molecule has 2 aromatic heterocycles. The van der Waals surface area contributed by atoms with E-state index in [1.54, 1.807) is 0 Å². The molecule has 1 fully saturated rings. The van der Waals surface area contributed by atoms with Crippen molar-refractivity contribution >= 4 is 5.65 Å². The van der Waals surface area contributed by atoms with Gasteiger partial charge in [-0.3, -0.25) is 4.90 Å². The first kappa shape index (κ1) is 11.6. The van der Waals surface area contributed by atoms with Gasteiger partial charge in [0.25, 0.3) is 0 Å². The van der Waals surface area contributed by atoms with Crippen molar-refractivity contribution < 1.29 is 0 Å². The number of hydrogen-bond donors (Lipinski definition) is 1. The number of nitrogens with two attached hydrogens (primary N) is 1. The van der Waals surface area contributed by atoms with Crippen molar-refractivity contribution in [3.8, 4) is 0 Å². The van der Waals surface area contributed by atoms with Gasteiger partial charge in [-0.2, -0.15) is 5.10 Å². The monoisotopic (exact) mass is 245 g/mol. The van der Waals surface area contributed by atoms with E-state index < -0.39 is 0 Å². The van der Waals surface area contributed by atoms with Gasteiger partial charge in [-0.25, -0.2) is 9.50 Å². The number of aryl methyl sites for hydroxylation is 1. The fourth-order valence-corrected chi connectivity index (χ4v) is 2.93. The summed E-state index contributed by atoms with van der Waals surface area (Å²) in [5.74, 6) is 0. The van der Waals surface area contributed by atoms with E-state index in [9.17, 15) is 0 Å². The summed E-state index contributed by atoms with van der Waals surface area (Å²) in [4.78, 5) is 6.90. The lowest BCUT2D eigenvalue weighted by Gasteiger charge is -2.35. The summed E-state index contributed by atoms with van der Waals surface area (Å²) in [5, 5.41) is 4.43. The third-order valence-electron chi connectivity index (χ3n) is 3.79. The van der Waals surface area contributed by atoms with Crippen LogP contribution in [0.3, 0.4) is 0 Å². The van der Waals surface area contributed by atoms with Gasteiger partial charge < -0.3 is 5.73 Å². The molecule has 0 saturated carbocycles. The zero-order valence-corrected chi connectivity index (χ0v) is 10.9. The minimum absolute atomic E-state index is 0.290. The van der Waals surface area contributed by atoms with Crippen LogP contribution >= 0.6 is 0 Å². The second kappa shape index (κ2) is 4.33. The largest absolute Gasteiger partial charge is 0.327 e. The highest BCUT2D eigenvalue weighted by molar-refractivity contribution is 5.41. The lowest BCUT2D eigenvalue weighted by Crippen LogP contribution is -2.43. The molecule has 0 amide bonds. The highest BCUT2D eigenvalue weighted by atomic mass is 15.3. The molecule has 2 N–H and O–H groups in total. The second-order valence-corrected chi connectivity index (χ2v) is 5.17. The fraction of sp³-hybridized carbons (Fsp3) is 0.538. The molecule has 5 heteroatoms. The number of piperidine rings is 1. The Labute approximate surface area is 107 Å². The van der Waals surface area contributed by atoms with Crippen molar-refractivity contribution in [2.45, 2.75) is 31.8 Å². The van der Waals surface area contributed by atoms with E-state index in [1.165, 1.54) is 5.69 Å². The van der Waals surface area contributed by atoms with Crippen LogP contribution in [-0.4, -0.2) is 39.1 Å². The van der Waals surface area contributed by atoms with Crippen molar-refractivity contribution in [1.82, 2.24) is 19.5 Å². The molecule has 2 unspecified atom stereocenters. The van der Waals surface area contributed by atoms with E-state index in [4.69, 9.17) is 5.73 Å². The molecular weight excluding hydrogens is 226 g/mol. The fourth-order valence-electron chi connectivity index (χ4n) is 2.93. The second-order valence-electron chi connectivity index (χ2n) is 5.17. The van der Waals surface area contributed by atoms with Crippen LogP contribution in [-0.2, 0) is 0 Å². The van der Waals surface area contributed by atoms with Crippen molar-refractivity contribution in [2.75, 3.05) is 13.6 Å². The quantitative estimate of drug-likeness (QED) is 0.818. The van der Waals surface area contributed by atoms with Crippen LogP contribution in [0.1, 0.15) is 30.3 Å². The molecule has 1 aliphatic heterocycles. The summed E-state index contributed by atoms with van der Waals surface area (Å²) in [5.41, 5.74) is 9.21. The normalized spacial score (nSPS) is 25.7. The molecule has 2 atom stereocenters. The zero-order valence-electron chi connectivity index (χ0n) is 10.9. The maximum atomic E-state index is 6.01. The van der Waals surface area contributed by atoms with Crippen LogP contribution < -0.4 is 5.73 Å². The first-order valence-corrected chi connectivity index (χ1v) is 6.43. The Morgan fingerprint density at radius 1 is 1.39 bits per heavy atom. The molecule has 1 aliphatic rings. The number of likely N-dealkylation sites (tertiary alicyclic amines) is 1. The molecule has 1 saturated heterocycles. The van der Waals surface area contributed by atoms with E-state index in [0.717, 1.165) is 30.7 Å². The predicted molar refractivity (Wildman–Crippen MR) is 70.3 cm³/mol. The third-order valence-corrected chi connectivity index (χ3v) is 3.79. The van der Waals surface area contributed by atoms with Crippen molar-refractivity contribution in [2.24, 2.45) is 5.73 Å². The predicted octanol–water partition coefficient (Wildman–Crippen LogP) is 1.13. The SMILES string of the molecule is Cc1nc2cccnn2c1C1CCC(N)CN1C. The van der Waals surface area contributed by atoms with E-state index >= 15 is 0 Å². The molecule has 3 rings (SSSR count). The van der Waals surface area contributed by atoms with E-state index in [1.807, 2.05) is 22.8 Å². The van der Waals surface area contributed by atoms with Gasteiger partial charge in [0.05, 0.1) is 17.4 Å². The lowest BCUT2D eigenvalue weighted by atomic mass is 9.96. The third kappa shape index (κ3) is 1.79. The topological polar surface area (TPSA) is 59.5 Å². The summed E-state index contributed by atoms with van der Waals surface area (Å²) < 4.78 is 1.97. The molecule has 5 nitrogen and oxygen atoms in total. The smallest absolute Gasteiger partial charge is 0.154 e. The first-order valence-electron chi connectivity index (χ1n) is 6.43. The number of fused-ring (bicyclic) bond motifs is 1. The van der Waals surface area contributed by atoms with Crippen molar-refractivity contribution in [3.63, 3.8) is 0 Å². The molecule has 0 aliphatic carbocycles. The van der Waals surface area contributed by atoms with Crippen LogP contribution in [0.25, 0.3) is 5.65 Å². The number of rotatable bonds is 1. The number of imidazole rings is 1. The van der Waals surface area contributed by atoms with Crippen LogP contribution in [0.2, 0.25) is 0 Å². The molecule has 96 valence electrons. The Hall–Kier alpha value is -1.46. The first-order chi connectivity index (χ1) is 8.66. The molecule has 0 radical (unpaired) electrons. The van der Waals surface area contributed by atoms with Gasteiger partial charge in [-0.15, -0.1) is 0 Å². The van der Waals surface area contributed by atoms with Crippen LogP contribution in [0.5, 0.6) is 0 Å². The summed E-state index contributed by atoms with van der Waals surface area (Å²) in [6.45, 7) is 3.00. The summed E-state index contributed by atoms with van der Waals surface area (Å²) in [6, 6.07) is 4.58. The molecule has 2 aromatic rings. The molecule has 0 aromatic carbocycles.